The van der Waals surface area contributed by atoms with Crippen molar-refractivity contribution in [2.24, 2.45) is 0 Å². The van der Waals surface area contributed by atoms with Gasteiger partial charge in [-0.05, 0) is 61.9 Å². The number of carbonyl (C=O) groups excluding carboxylic acids is 3. The van der Waals surface area contributed by atoms with E-state index in [9.17, 15) is 14.4 Å². The average Bonchev–Trinajstić information content (AvgIpc) is 3.14. The summed E-state index contributed by atoms with van der Waals surface area (Å²) in [7, 11) is 0. The Balaban J connectivity index is 1.46. The first-order chi connectivity index (χ1) is 17.3. The van der Waals surface area contributed by atoms with Crippen LogP contribution in [0.4, 0.5) is 5.69 Å². The summed E-state index contributed by atoms with van der Waals surface area (Å²) in [5.41, 5.74) is 2.55. The van der Waals surface area contributed by atoms with Crippen LogP contribution in [0.3, 0.4) is 0 Å². The topological polar surface area (TPSA) is 69.7 Å². The predicted octanol–water partition coefficient (Wildman–Crippen LogP) is 5.67. The van der Waals surface area contributed by atoms with Gasteiger partial charge in [-0.1, -0.05) is 59.3 Å². The molecule has 0 aromatic heterocycles. The summed E-state index contributed by atoms with van der Waals surface area (Å²) >= 11 is 3.49. The number of anilines is 1. The lowest BCUT2D eigenvalue weighted by atomic mass is 10.1. The number of amides is 3. The molecule has 188 valence electrons. The third-order valence-electron chi connectivity index (χ3n) is 6.83. The Morgan fingerprint density at radius 3 is 2.50 bits per heavy atom. The van der Waals surface area contributed by atoms with E-state index in [0.29, 0.717) is 25.1 Å². The van der Waals surface area contributed by atoms with Gasteiger partial charge in [0.05, 0.1) is 5.69 Å². The average molecular weight is 550 g/mol. The maximum Gasteiger partial charge on any atom is 0.258 e. The van der Waals surface area contributed by atoms with Crippen LogP contribution in [0, 0.1) is 0 Å². The summed E-state index contributed by atoms with van der Waals surface area (Å²) < 4.78 is 0.922. The van der Waals surface area contributed by atoms with Gasteiger partial charge in [-0.15, -0.1) is 0 Å². The number of hydrogen-bond acceptors (Lipinski definition) is 3. The second kappa shape index (κ2) is 11.2. The zero-order valence-electron chi connectivity index (χ0n) is 21.0. The van der Waals surface area contributed by atoms with Gasteiger partial charge in [-0.25, -0.2) is 0 Å². The molecular formula is C29H32BrN3O3. The summed E-state index contributed by atoms with van der Waals surface area (Å²) in [6.45, 7) is 6.52. The van der Waals surface area contributed by atoms with Crippen molar-refractivity contribution >= 4 is 50.1 Å². The molecule has 0 bridgehead atoms. The molecule has 1 aliphatic heterocycles. The largest absolute Gasteiger partial charge is 0.352 e. The van der Waals surface area contributed by atoms with Gasteiger partial charge in [0.25, 0.3) is 5.91 Å². The molecular weight excluding hydrogens is 518 g/mol. The highest BCUT2D eigenvalue weighted by Gasteiger charge is 2.30. The minimum atomic E-state index is -0.614. The molecule has 0 fully saturated rings. The lowest BCUT2D eigenvalue weighted by molar-refractivity contribution is -0.140. The summed E-state index contributed by atoms with van der Waals surface area (Å²) in [5.74, 6) is -0.296. The van der Waals surface area contributed by atoms with Gasteiger partial charge in [0.1, 0.15) is 6.04 Å². The van der Waals surface area contributed by atoms with E-state index in [1.54, 1.807) is 16.7 Å². The molecule has 0 spiro atoms. The molecule has 36 heavy (non-hydrogen) atoms. The van der Waals surface area contributed by atoms with Gasteiger partial charge in [0.15, 0.2) is 0 Å². The van der Waals surface area contributed by atoms with Crippen LogP contribution in [0.15, 0.2) is 65.1 Å². The maximum absolute atomic E-state index is 13.4. The van der Waals surface area contributed by atoms with Crippen molar-refractivity contribution in [1.82, 2.24) is 10.2 Å². The van der Waals surface area contributed by atoms with E-state index in [1.165, 1.54) is 0 Å². The Bertz CT molecular complexity index is 1290. The molecule has 6 nitrogen and oxygen atoms in total. The molecule has 3 aromatic carbocycles. The molecule has 1 N–H and O–H groups in total. The third kappa shape index (κ3) is 5.46. The second-order valence-corrected chi connectivity index (χ2v) is 10.3. The van der Waals surface area contributed by atoms with Crippen LogP contribution in [0.2, 0.25) is 0 Å². The molecule has 0 radical (unpaired) electrons. The number of rotatable bonds is 10. The normalized spacial score (nSPS) is 14.1. The van der Waals surface area contributed by atoms with Crippen LogP contribution in [0.25, 0.3) is 10.8 Å². The molecule has 3 aromatic rings. The lowest BCUT2D eigenvalue weighted by Gasteiger charge is -2.30. The first kappa shape index (κ1) is 25.9. The summed E-state index contributed by atoms with van der Waals surface area (Å²) in [6, 6.07) is 18.9. The fraction of sp³-hybridized carbons (Fsp3) is 0.345. The summed E-state index contributed by atoms with van der Waals surface area (Å²) in [4.78, 5) is 42.8. The minimum Gasteiger partial charge on any atom is -0.352 e. The van der Waals surface area contributed by atoms with Crippen LogP contribution < -0.4 is 10.2 Å². The number of hydrogen-bond donors (Lipinski definition) is 1. The Hall–Kier alpha value is -3.19. The molecule has 0 unspecified atom stereocenters. The highest BCUT2D eigenvalue weighted by molar-refractivity contribution is 9.10. The van der Waals surface area contributed by atoms with E-state index < -0.39 is 6.04 Å². The van der Waals surface area contributed by atoms with Crippen LogP contribution in [-0.2, 0) is 16.1 Å². The Kier molecular flexibility index (Phi) is 8.09. The van der Waals surface area contributed by atoms with Crippen molar-refractivity contribution in [3.05, 3.63) is 76.3 Å². The quantitative estimate of drug-likeness (QED) is 0.354. The van der Waals surface area contributed by atoms with Crippen molar-refractivity contribution in [1.29, 1.82) is 0 Å². The molecule has 3 amide bonds. The molecule has 1 aliphatic rings. The fourth-order valence-corrected chi connectivity index (χ4v) is 5.06. The number of nitrogens with zero attached hydrogens (tertiary/aromatic N) is 2. The SMILES string of the molecule is CC[C@@H](C)NC(=O)[C@@H](C)N(Cc1cccc(Br)c1)C(=O)CCCN1C(=O)c2cccc3cccc1c23. The molecule has 7 heteroatoms. The smallest absolute Gasteiger partial charge is 0.258 e. The number of carbonyl (C=O) groups is 3. The summed E-state index contributed by atoms with van der Waals surface area (Å²) in [6.07, 6.45) is 1.56. The van der Waals surface area contributed by atoms with Gasteiger partial charge in [-0.3, -0.25) is 14.4 Å². The van der Waals surface area contributed by atoms with Crippen LogP contribution >= 0.6 is 15.9 Å². The molecule has 0 saturated carbocycles. The highest BCUT2D eigenvalue weighted by atomic mass is 79.9. The predicted molar refractivity (Wildman–Crippen MR) is 147 cm³/mol. The zero-order valence-corrected chi connectivity index (χ0v) is 22.5. The highest BCUT2D eigenvalue weighted by Crippen LogP contribution is 2.37. The van der Waals surface area contributed by atoms with Crippen LogP contribution in [0.5, 0.6) is 0 Å². The van der Waals surface area contributed by atoms with Crippen molar-refractivity contribution in [2.45, 2.75) is 58.7 Å². The first-order valence-corrected chi connectivity index (χ1v) is 13.3. The van der Waals surface area contributed by atoms with Gasteiger partial charge in [0.2, 0.25) is 11.8 Å². The minimum absolute atomic E-state index is 0.0264. The lowest BCUT2D eigenvalue weighted by Crippen LogP contribution is -2.49. The molecule has 0 saturated heterocycles. The molecule has 0 aliphatic carbocycles. The molecule has 1 heterocycles. The number of benzene rings is 3. The summed E-state index contributed by atoms with van der Waals surface area (Å²) in [5, 5.41) is 5.01. The van der Waals surface area contributed by atoms with Gasteiger partial charge in [0, 0.05) is 41.0 Å². The molecule has 2 atom stereocenters. The monoisotopic (exact) mass is 549 g/mol. The van der Waals surface area contributed by atoms with E-state index in [4.69, 9.17) is 0 Å². The second-order valence-electron chi connectivity index (χ2n) is 9.39. The fourth-order valence-electron chi connectivity index (χ4n) is 4.61. The van der Waals surface area contributed by atoms with Gasteiger partial charge in [-0.2, -0.15) is 0 Å². The van der Waals surface area contributed by atoms with Crippen molar-refractivity contribution < 1.29 is 14.4 Å². The van der Waals surface area contributed by atoms with Crippen molar-refractivity contribution in [2.75, 3.05) is 11.4 Å². The van der Waals surface area contributed by atoms with E-state index in [0.717, 1.165) is 32.9 Å². The van der Waals surface area contributed by atoms with E-state index in [1.807, 2.05) is 74.5 Å². The Labute approximate surface area is 220 Å². The van der Waals surface area contributed by atoms with Crippen LogP contribution in [0.1, 0.15) is 56.0 Å². The standard InChI is InChI=1S/C29H32BrN3O3/c1-4-19(2)31-28(35)20(3)33(18-21-9-5-12-23(30)17-21)26(34)15-8-16-32-25-14-7-11-22-10-6-13-24(27(22)25)29(32)36/h5-7,9-14,17,19-20H,4,8,15-16,18H2,1-3H3,(H,31,35)/t19-,20-/m1/s1. The van der Waals surface area contributed by atoms with E-state index in [-0.39, 0.29) is 30.2 Å². The number of halogens is 1. The van der Waals surface area contributed by atoms with E-state index in [2.05, 4.69) is 21.2 Å². The van der Waals surface area contributed by atoms with Crippen molar-refractivity contribution in [3.63, 3.8) is 0 Å². The number of nitrogens with one attached hydrogen (secondary N) is 1. The third-order valence-corrected chi connectivity index (χ3v) is 7.32. The maximum atomic E-state index is 13.4. The zero-order chi connectivity index (χ0) is 25.8. The van der Waals surface area contributed by atoms with E-state index >= 15 is 0 Å². The molecule has 4 rings (SSSR count). The van der Waals surface area contributed by atoms with Crippen molar-refractivity contribution in [3.8, 4) is 0 Å². The van der Waals surface area contributed by atoms with Crippen LogP contribution in [-0.4, -0.2) is 41.2 Å². The Morgan fingerprint density at radius 1 is 1.06 bits per heavy atom. The van der Waals surface area contributed by atoms with Gasteiger partial charge >= 0.3 is 0 Å². The first-order valence-electron chi connectivity index (χ1n) is 12.5. The van der Waals surface area contributed by atoms with Gasteiger partial charge < -0.3 is 15.1 Å². The Morgan fingerprint density at radius 2 is 1.78 bits per heavy atom.